The SMILES string of the molecule is NC(=O)C1CCC(c2nncs2)C1c1ccsc1. The third kappa shape index (κ3) is 1.95. The fourth-order valence-corrected chi connectivity index (χ4v) is 4.31. The number of primary amides is 1. The number of hydrogen-bond acceptors (Lipinski definition) is 5. The predicted octanol–water partition coefficient (Wildman–Crippen LogP) is 2.36. The molecule has 2 aromatic heterocycles. The maximum absolute atomic E-state index is 11.6. The Hall–Kier alpha value is -1.27. The number of carbonyl (C=O) groups is 1. The summed E-state index contributed by atoms with van der Waals surface area (Å²) in [7, 11) is 0. The lowest BCUT2D eigenvalue weighted by Crippen LogP contribution is -2.26. The van der Waals surface area contributed by atoms with Crippen LogP contribution in [-0.2, 0) is 4.79 Å². The first-order valence-corrected chi connectivity index (χ1v) is 7.67. The molecule has 0 aromatic carbocycles. The van der Waals surface area contributed by atoms with Crippen LogP contribution in [0.3, 0.4) is 0 Å². The topological polar surface area (TPSA) is 68.9 Å². The van der Waals surface area contributed by atoms with Crippen LogP contribution in [0.15, 0.2) is 22.3 Å². The van der Waals surface area contributed by atoms with Crippen LogP contribution in [0.5, 0.6) is 0 Å². The Morgan fingerprint density at radius 3 is 2.94 bits per heavy atom. The van der Waals surface area contributed by atoms with Gasteiger partial charge in [0.05, 0.1) is 0 Å². The molecule has 94 valence electrons. The zero-order chi connectivity index (χ0) is 12.5. The van der Waals surface area contributed by atoms with Gasteiger partial charge in [-0.15, -0.1) is 21.5 Å². The molecule has 0 aliphatic heterocycles. The van der Waals surface area contributed by atoms with Gasteiger partial charge in [-0.2, -0.15) is 11.3 Å². The monoisotopic (exact) mass is 279 g/mol. The summed E-state index contributed by atoms with van der Waals surface area (Å²) in [6.45, 7) is 0. The number of nitrogens with two attached hydrogens (primary N) is 1. The minimum Gasteiger partial charge on any atom is -0.369 e. The summed E-state index contributed by atoms with van der Waals surface area (Å²) in [6.07, 6.45) is 1.81. The minimum absolute atomic E-state index is 0.0755. The van der Waals surface area contributed by atoms with Gasteiger partial charge >= 0.3 is 0 Å². The molecular formula is C12H13N3OS2. The van der Waals surface area contributed by atoms with Crippen LogP contribution in [0, 0.1) is 5.92 Å². The van der Waals surface area contributed by atoms with Gasteiger partial charge in [-0.25, -0.2) is 0 Å². The van der Waals surface area contributed by atoms with Crippen molar-refractivity contribution < 1.29 is 4.79 Å². The van der Waals surface area contributed by atoms with E-state index in [4.69, 9.17) is 5.73 Å². The van der Waals surface area contributed by atoms with Gasteiger partial charge in [-0.05, 0) is 35.2 Å². The first-order valence-electron chi connectivity index (χ1n) is 5.85. The van der Waals surface area contributed by atoms with Gasteiger partial charge in [0, 0.05) is 17.8 Å². The summed E-state index contributed by atoms with van der Waals surface area (Å²) in [6, 6.07) is 2.09. The molecule has 0 bridgehead atoms. The summed E-state index contributed by atoms with van der Waals surface area (Å²) >= 11 is 3.22. The molecule has 1 aliphatic carbocycles. The normalized spacial score (nSPS) is 27.4. The molecule has 18 heavy (non-hydrogen) atoms. The molecule has 1 saturated carbocycles. The molecule has 0 spiro atoms. The second kappa shape index (κ2) is 4.78. The van der Waals surface area contributed by atoms with Crippen LogP contribution < -0.4 is 5.73 Å². The summed E-state index contributed by atoms with van der Waals surface area (Å²) < 4.78 is 0. The van der Waals surface area contributed by atoms with Gasteiger partial charge in [0.1, 0.15) is 10.5 Å². The number of carbonyl (C=O) groups excluding carboxylic acids is 1. The van der Waals surface area contributed by atoms with E-state index >= 15 is 0 Å². The molecule has 0 saturated heterocycles. The molecule has 0 radical (unpaired) electrons. The van der Waals surface area contributed by atoms with Gasteiger partial charge in [0.2, 0.25) is 5.91 Å². The lowest BCUT2D eigenvalue weighted by atomic mass is 9.84. The van der Waals surface area contributed by atoms with Crippen LogP contribution in [-0.4, -0.2) is 16.1 Å². The molecule has 3 unspecified atom stereocenters. The van der Waals surface area contributed by atoms with Crippen LogP contribution in [0.4, 0.5) is 0 Å². The van der Waals surface area contributed by atoms with Crippen LogP contribution in [0.2, 0.25) is 0 Å². The van der Waals surface area contributed by atoms with Crippen molar-refractivity contribution >= 4 is 28.6 Å². The van der Waals surface area contributed by atoms with E-state index in [0.29, 0.717) is 0 Å². The molecule has 1 fully saturated rings. The smallest absolute Gasteiger partial charge is 0.221 e. The van der Waals surface area contributed by atoms with E-state index in [-0.39, 0.29) is 23.7 Å². The van der Waals surface area contributed by atoms with Crippen LogP contribution in [0.1, 0.15) is 35.2 Å². The largest absolute Gasteiger partial charge is 0.369 e. The molecule has 3 rings (SSSR count). The lowest BCUT2D eigenvalue weighted by Gasteiger charge is -2.20. The molecule has 2 aromatic rings. The van der Waals surface area contributed by atoms with Gasteiger partial charge in [-0.3, -0.25) is 4.79 Å². The first-order chi connectivity index (χ1) is 8.77. The van der Waals surface area contributed by atoms with Crippen molar-refractivity contribution in [3.63, 3.8) is 0 Å². The quantitative estimate of drug-likeness (QED) is 0.937. The highest BCUT2D eigenvalue weighted by atomic mass is 32.1. The van der Waals surface area contributed by atoms with E-state index < -0.39 is 0 Å². The molecule has 1 amide bonds. The highest BCUT2D eigenvalue weighted by Crippen LogP contribution is 2.50. The van der Waals surface area contributed by atoms with Crippen LogP contribution in [0.25, 0.3) is 0 Å². The Labute approximate surface area is 113 Å². The van der Waals surface area contributed by atoms with Gasteiger partial charge in [-0.1, -0.05) is 0 Å². The average Bonchev–Trinajstić information content (AvgIpc) is 3.10. The summed E-state index contributed by atoms with van der Waals surface area (Å²) in [5.41, 5.74) is 8.50. The van der Waals surface area contributed by atoms with Crippen molar-refractivity contribution in [2.24, 2.45) is 11.7 Å². The Morgan fingerprint density at radius 2 is 2.33 bits per heavy atom. The van der Waals surface area contributed by atoms with Crippen LogP contribution >= 0.6 is 22.7 Å². The van der Waals surface area contributed by atoms with E-state index in [1.807, 2.05) is 5.38 Å². The first kappa shape index (κ1) is 11.8. The molecule has 2 N–H and O–H groups in total. The zero-order valence-electron chi connectivity index (χ0n) is 9.65. The summed E-state index contributed by atoms with van der Waals surface area (Å²) in [5, 5.41) is 13.3. The number of hydrogen-bond donors (Lipinski definition) is 1. The molecular weight excluding hydrogens is 266 g/mol. The van der Waals surface area contributed by atoms with Crippen molar-refractivity contribution in [3.8, 4) is 0 Å². The Kier molecular flexibility index (Phi) is 3.13. The Bertz CT molecular complexity index is 524. The van der Waals surface area contributed by atoms with E-state index in [1.165, 1.54) is 5.56 Å². The highest BCUT2D eigenvalue weighted by Gasteiger charge is 2.42. The standard InChI is InChI=1S/C12H13N3OS2/c13-11(16)8-1-2-9(12-15-14-6-18-12)10(8)7-3-4-17-5-7/h3-6,8-10H,1-2H2,(H2,13,16). The molecule has 3 atom stereocenters. The number of thiophene rings is 1. The predicted molar refractivity (Wildman–Crippen MR) is 71.6 cm³/mol. The molecule has 1 aliphatic rings. The molecule has 2 heterocycles. The fourth-order valence-electron chi connectivity index (χ4n) is 2.87. The molecule has 4 nitrogen and oxygen atoms in total. The van der Waals surface area contributed by atoms with Gasteiger partial charge in [0.25, 0.3) is 0 Å². The van der Waals surface area contributed by atoms with Crippen molar-refractivity contribution in [1.29, 1.82) is 0 Å². The third-order valence-electron chi connectivity index (χ3n) is 3.64. The molecule has 6 heteroatoms. The van der Waals surface area contributed by atoms with Gasteiger partial charge < -0.3 is 5.73 Å². The highest BCUT2D eigenvalue weighted by molar-refractivity contribution is 7.09. The maximum atomic E-state index is 11.6. The number of nitrogens with zero attached hydrogens (tertiary/aromatic N) is 2. The second-order valence-electron chi connectivity index (χ2n) is 4.55. The third-order valence-corrected chi connectivity index (χ3v) is 5.17. The number of aromatic nitrogens is 2. The minimum atomic E-state index is -0.196. The average molecular weight is 279 g/mol. The van der Waals surface area contributed by atoms with E-state index in [9.17, 15) is 4.79 Å². The number of amides is 1. The second-order valence-corrected chi connectivity index (χ2v) is 6.20. The van der Waals surface area contributed by atoms with E-state index in [1.54, 1.807) is 28.2 Å². The number of rotatable bonds is 3. The summed E-state index contributed by atoms with van der Waals surface area (Å²) in [4.78, 5) is 11.6. The Morgan fingerprint density at radius 1 is 1.44 bits per heavy atom. The van der Waals surface area contributed by atoms with E-state index in [2.05, 4.69) is 21.6 Å². The van der Waals surface area contributed by atoms with Crippen molar-refractivity contribution in [1.82, 2.24) is 10.2 Å². The van der Waals surface area contributed by atoms with Gasteiger partial charge in [0.15, 0.2) is 0 Å². The van der Waals surface area contributed by atoms with E-state index in [0.717, 1.165) is 17.8 Å². The maximum Gasteiger partial charge on any atom is 0.221 e. The Balaban J connectivity index is 1.98. The summed E-state index contributed by atoms with van der Waals surface area (Å²) in [5.74, 6) is 0.179. The van der Waals surface area contributed by atoms with Crippen molar-refractivity contribution in [2.45, 2.75) is 24.7 Å². The van der Waals surface area contributed by atoms with Crippen molar-refractivity contribution in [2.75, 3.05) is 0 Å². The fraction of sp³-hybridized carbons (Fsp3) is 0.417. The van der Waals surface area contributed by atoms with Crippen molar-refractivity contribution in [3.05, 3.63) is 32.9 Å². The lowest BCUT2D eigenvalue weighted by molar-refractivity contribution is -0.122. The zero-order valence-corrected chi connectivity index (χ0v) is 11.3.